The molecule has 0 amide bonds. The smallest absolute Gasteiger partial charge is 0.337 e. The number of esters is 1. The molecular weight excluding hydrogens is 694 g/mol. The van der Waals surface area contributed by atoms with Crippen molar-refractivity contribution in [3.8, 4) is 23.0 Å². The highest BCUT2D eigenvalue weighted by Crippen LogP contribution is 2.36. The number of rotatable bonds is 12. The van der Waals surface area contributed by atoms with Gasteiger partial charge in [0.05, 0.1) is 48.5 Å². The van der Waals surface area contributed by atoms with Crippen molar-refractivity contribution in [1.82, 2.24) is 4.57 Å². The molecule has 0 radical (unpaired) electrons. The number of hydrogen-bond acceptors (Lipinski definition) is 11. The van der Waals surface area contributed by atoms with Crippen molar-refractivity contribution in [3.63, 3.8) is 0 Å². The first kappa shape index (κ1) is 33.4. The number of carbonyl (C=O) groups is 1. The molecule has 47 heavy (non-hydrogen) atoms. The third kappa shape index (κ3) is 7.08. The second-order valence-electron chi connectivity index (χ2n) is 9.99. The Hall–Kier alpha value is -4.95. The summed E-state index contributed by atoms with van der Waals surface area (Å²) in [4.78, 5) is 42.4. The van der Waals surface area contributed by atoms with Crippen LogP contribution in [0.15, 0.2) is 80.6 Å². The lowest BCUT2D eigenvalue weighted by atomic mass is 9.97. The van der Waals surface area contributed by atoms with E-state index in [1.54, 1.807) is 48.5 Å². The Morgan fingerprint density at radius 2 is 1.77 bits per heavy atom. The minimum Gasteiger partial charge on any atom is -0.493 e. The minimum absolute atomic E-state index is 0.0331. The predicted molar refractivity (Wildman–Crippen MR) is 178 cm³/mol. The zero-order valence-electron chi connectivity index (χ0n) is 25.9. The molecule has 0 saturated heterocycles. The van der Waals surface area contributed by atoms with E-state index in [-0.39, 0.29) is 23.4 Å². The second kappa shape index (κ2) is 14.6. The molecule has 1 aliphatic heterocycles. The maximum absolute atomic E-state index is 14.0. The van der Waals surface area contributed by atoms with Crippen LogP contribution in [-0.2, 0) is 16.1 Å². The zero-order valence-corrected chi connectivity index (χ0v) is 28.3. The van der Waals surface area contributed by atoms with Gasteiger partial charge in [-0.05, 0) is 60.9 Å². The van der Waals surface area contributed by atoms with Crippen molar-refractivity contribution in [3.05, 3.63) is 117 Å². The van der Waals surface area contributed by atoms with E-state index >= 15 is 0 Å². The lowest BCUT2D eigenvalue weighted by Crippen LogP contribution is -2.39. The summed E-state index contributed by atoms with van der Waals surface area (Å²) in [5.41, 5.74) is 1.64. The maximum atomic E-state index is 14.0. The number of nitrogens with zero attached hydrogens (tertiary/aromatic N) is 3. The summed E-state index contributed by atoms with van der Waals surface area (Å²) in [6.45, 7) is 4.63. The fourth-order valence-electron chi connectivity index (χ4n) is 4.98. The number of methoxy groups -OCH3 is 2. The van der Waals surface area contributed by atoms with Gasteiger partial charge in [0.25, 0.3) is 11.2 Å². The van der Waals surface area contributed by atoms with Gasteiger partial charge in [0, 0.05) is 22.8 Å². The maximum Gasteiger partial charge on any atom is 0.337 e. The molecule has 0 saturated carbocycles. The number of thiazole rings is 1. The van der Waals surface area contributed by atoms with Crippen LogP contribution >= 0.6 is 27.3 Å². The second-order valence-corrected chi connectivity index (χ2v) is 11.9. The molecule has 0 fully saturated rings. The molecule has 244 valence electrons. The van der Waals surface area contributed by atoms with E-state index in [4.69, 9.17) is 23.7 Å². The molecule has 1 atom stereocenters. The molecule has 1 aromatic heterocycles. The average Bonchev–Trinajstić information content (AvgIpc) is 3.39. The quantitative estimate of drug-likeness (QED) is 0.111. The first-order valence-corrected chi connectivity index (χ1v) is 16.0. The summed E-state index contributed by atoms with van der Waals surface area (Å²) >= 11 is 4.74. The number of non-ortho nitro benzene ring substituents is 1. The molecule has 12 nitrogen and oxygen atoms in total. The fourth-order valence-corrected chi connectivity index (χ4v) is 6.38. The van der Waals surface area contributed by atoms with Crippen LogP contribution in [0.1, 0.15) is 36.6 Å². The lowest BCUT2D eigenvalue weighted by Gasteiger charge is -2.23. The van der Waals surface area contributed by atoms with Crippen LogP contribution in [-0.4, -0.2) is 42.9 Å². The van der Waals surface area contributed by atoms with E-state index in [0.717, 1.165) is 0 Å². The number of carbonyl (C=O) groups excluding carboxylic acids is 1. The van der Waals surface area contributed by atoms with E-state index in [0.29, 0.717) is 66.7 Å². The highest BCUT2D eigenvalue weighted by molar-refractivity contribution is 9.10. The van der Waals surface area contributed by atoms with Gasteiger partial charge < -0.3 is 23.7 Å². The Morgan fingerprint density at radius 1 is 1.02 bits per heavy atom. The number of hydrogen-bond donors (Lipinski definition) is 0. The zero-order chi connectivity index (χ0) is 33.7. The number of fused-ring (bicyclic) bond motifs is 1. The van der Waals surface area contributed by atoms with Gasteiger partial charge >= 0.3 is 5.97 Å². The summed E-state index contributed by atoms with van der Waals surface area (Å²) in [5, 5.41) is 11.1. The van der Waals surface area contributed by atoms with E-state index in [2.05, 4.69) is 20.9 Å². The summed E-state index contributed by atoms with van der Waals surface area (Å²) < 4.78 is 30.5. The predicted octanol–water partition coefficient (Wildman–Crippen LogP) is 5.07. The monoisotopic (exact) mass is 723 g/mol. The number of halogens is 1. The van der Waals surface area contributed by atoms with Crippen LogP contribution in [0.25, 0.3) is 6.08 Å². The summed E-state index contributed by atoms with van der Waals surface area (Å²) in [7, 11) is 2.76. The van der Waals surface area contributed by atoms with E-state index < -0.39 is 16.9 Å². The molecule has 0 aliphatic carbocycles. The molecule has 1 aliphatic rings. The SMILES string of the molecule is CCOc1ccc([C@H]2C(C(=O)OC)=CN=c3s/c(=C\c4cc(OC)c(OCc5cccc([N+](=O)[O-])c5)cc4Br)c(=O)n32)cc1OCC. The number of nitro benzene ring substituents is 1. The largest absolute Gasteiger partial charge is 0.493 e. The van der Waals surface area contributed by atoms with Crippen LogP contribution in [0.3, 0.4) is 0 Å². The molecule has 0 spiro atoms. The highest BCUT2D eigenvalue weighted by atomic mass is 79.9. The van der Waals surface area contributed by atoms with Crippen molar-refractivity contribution in [2.75, 3.05) is 27.4 Å². The van der Waals surface area contributed by atoms with E-state index in [1.807, 2.05) is 13.8 Å². The van der Waals surface area contributed by atoms with Crippen molar-refractivity contribution < 1.29 is 33.4 Å². The molecule has 3 aromatic carbocycles. The third-order valence-electron chi connectivity index (χ3n) is 7.09. The number of benzene rings is 3. The lowest BCUT2D eigenvalue weighted by molar-refractivity contribution is -0.384. The highest BCUT2D eigenvalue weighted by Gasteiger charge is 2.31. The molecule has 5 rings (SSSR count). The molecule has 0 unspecified atom stereocenters. The van der Waals surface area contributed by atoms with E-state index in [1.165, 1.54) is 48.5 Å². The molecule has 4 aromatic rings. The third-order valence-corrected chi connectivity index (χ3v) is 8.78. The number of nitro groups is 1. The summed E-state index contributed by atoms with van der Waals surface area (Å²) in [6.07, 6.45) is 3.12. The summed E-state index contributed by atoms with van der Waals surface area (Å²) in [5.74, 6) is 1.20. The van der Waals surface area contributed by atoms with Crippen molar-refractivity contribution in [2.45, 2.75) is 26.5 Å². The Balaban J connectivity index is 1.54. The van der Waals surface area contributed by atoms with Crippen molar-refractivity contribution in [1.29, 1.82) is 0 Å². The number of aromatic nitrogens is 1. The number of ether oxygens (including phenoxy) is 5. The van der Waals surface area contributed by atoms with Gasteiger partial charge in [0.1, 0.15) is 6.61 Å². The standard InChI is InChI=1S/C33H30BrN3O9S/c1-5-44-25-11-10-20(13-27(25)45-6-2)30-23(32(39)43-4)17-35-33-36(30)31(38)29(47-33)15-21-14-26(42-3)28(16-24(21)34)46-18-19-8-7-9-22(12-19)37(40)41/h7-17,30H,5-6,18H2,1-4H3/b29-15-/t30-/m0/s1. The van der Waals surface area contributed by atoms with Crippen LogP contribution in [0.2, 0.25) is 0 Å². The summed E-state index contributed by atoms with van der Waals surface area (Å²) in [6, 6.07) is 14.0. The first-order valence-electron chi connectivity index (χ1n) is 14.4. The average molecular weight is 725 g/mol. The van der Waals surface area contributed by atoms with Crippen molar-refractivity contribution >= 4 is 45.0 Å². The van der Waals surface area contributed by atoms with Gasteiger partial charge in [-0.15, -0.1) is 0 Å². The topological polar surface area (TPSA) is 141 Å². The van der Waals surface area contributed by atoms with Crippen LogP contribution in [0.4, 0.5) is 5.69 Å². The van der Waals surface area contributed by atoms with Gasteiger partial charge in [-0.1, -0.05) is 45.5 Å². The van der Waals surface area contributed by atoms with Gasteiger partial charge in [-0.2, -0.15) is 0 Å². The van der Waals surface area contributed by atoms with Gasteiger partial charge in [-0.3, -0.25) is 19.5 Å². The molecule has 14 heteroatoms. The fraction of sp³-hybridized carbons (Fsp3) is 0.242. The Morgan fingerprint density at radius 3 is 2.47 bits per heavy atom. The van der Waals surface area contributed by atoms with Crippen molar-refractivity contribution in [2.24, 2.45) is 4.99 Å². The molecule has 2 heterocycles. The Kier molecular flexibility index (Phi) is 10.4. The van der Waals surface area contributed by atoms with Crippen LogP contribution in [0, 0.1) is 10.1 Å². The Labute approximate surface area is 281 Å². The van der Waals surface area contributed by atoms with Crippen LogP contribution in [0.5, 0.6) is 23.0 Å². The Bertz CT molecular complexity index is 2050. The molecular formula is C33H30BrN3O9S. The van der Waals surface area contributed by atoms with Crippen LogP contribution < -0.4 is 33.8 Å². The first-order chi connectivity index (χ1) is 22.7. The minimum atomic E-state index is -0.835. The molecule has 0 N–H and O–H groups in total. The molecule has 0 bridgehead atoms. The van der Waals surface area contributed by atoms with Gasteiger partial charge in [-0.25, -0.2) is 9.79 Å². The normalized spacial score (nSPS) is 14.0. The van der Waals surface area contributed by atoms with Gasteiger partial charge in [0.2, 0.25) is 0 Å². The van der Waals surface area contributed by atoms with E-state index in [9.17, 15) is 19.7 Å². The van der Waals surface area contributed by atoms with Gasteiger partial charge in [0.15, 0.2) is 27.8 Å².